The van der Waals surface area contributed by atoms with Crippen molar-refractivity contribution in [2.75, 3.05) is 7.11 Å². The van der Waals surface area contributed by atoms with Crippen LogP contribution in [0.15, 0.2) is 9.85 Å². The molecule has 78 valence electrons. The summed E-state index contributed by atoms with van der Waals surface area (Å²) in [5.41, 5.74) is 0.666. The fourth-order valence-corrected chi connectivity index (χ4v) is 9.14. The molecule has 0 bridgehead atoms. The molecule has 5 heteroatoms. The molecular formula is C9H13BrO2SSn. The van der Waals surface area contributed by atoms with Crippen LogP contribution in [0.2, 0.25) is 14.8 Å². The summed E-state index contributed by atoms with van der Waals surface area (Å²) in [5.74, 6) is -0.255. The quantitative estimate of drug-likeness (QED) is 0.580. The molecule has 0 aliphatic carbocycles. The van der Waals surface area contributed by atoms with E-state index in [1.54, 1.807) is 11.3 Å². The van der Waals surface area contributed by atoms with Gasteiger partial charge in [-0.05, 0) is 0 Å². The molecule has 0 N–H and O–H groups in total. The van der Waals surface area contributed by atoms with Gasteiger partial charge in [-0.25, -0.2) is 0 Å². The molecule has 1 aromatic heterocycles. The number of carbonyl (C=O) groups is 1. The van der Waals surface area contributed by atoms with Crippen molar-refractivity contribution < 1.29 is 9.53 Å². The summed E-state index contributed by atoms with van der Waals surface area (Å²) in [7, 11) is 1.41. The van der Waals surface area contributed by atoms with E-state index in [-0.39, 0.29) is 5.97 Å². The van der Waals surface area contributed by atoms with Crippen molar-refractivity contribution in [3.05, 3.63) is 15.4 Å². The number of hydrogen-bond donors (Lipinski definition) is 0. The van der Waals surface area contributed by atoms with Crippen molar-refractivity contribution in [3.8, 4) is 0 Å². The number of hydrogen-bond acceptors (Lipinski definition) is 3. The average molecular weight is 384 g/mol. The predicted octanol–water partition coefficient (Wildman–Crippen LogP) is 2.84. The number of halogens is 1. The molecule has 0 atom stereocenters. The SMILES string of the molecule is COC(=O)c1c[c]([Sn]([CH3])([CH3])[CH3])sc1Br. The molecule has 0 saturated heterocycles. The Balaban J connectivity index is 3.12. The Morgan fingerprint density at radius 1 is 1.50 bits per heavy atom. The first-order chi connectivity index (χ1) is 6.36. The van der Waals surface area contributed by atoms with E-state index < -0.39 is 18.4 Å². The predicted molar refractivity (Wildman–Crippen MR) is 66.3 cm³/mol. The van der Waals surface area contributed by atoms with Crippen molar-refractivity contribution >= 4 is 54.5 Å². The van der Waals surface area contributed by atoms with Gasteiger partial charge in [-0.1, -0.05) is 0 Å². The molecule has 0 aliphatic heterocycles. The van der Waals surface area contributed by atoms with Gasteiger partial charge in [0.2, 0.25) is 0 Å². The van der Waals surface area contributed by atoms with E-state index >= 15 is 0 Å². The molecule has 0 unspecified atom stereocenters. The van der Waals surface area contributed by atoms with Crippen LogP contribution in [-0.4, -0.2) is 31.5 Å². The number of esters is 1. The summed E-state index contributed by atoms with van der Waals surface area (Å²) >= 11 is 3.04. The first-order valence-electron chi connectivity index (χ1n) is 4.24. The van der Waals surface area contributed by atoms with Gasteiger partial charge >= 0.3 is 101 Å². The Bertz CT molecular complexity index is 354. The van der Waals surface area contributed by atoms with Crippen molar-refractivity contribution in [2.45, 2.75) is 14.8 Å². The van der Waals surface area contributed by atoms with Crippen molar-refractivity contribution in [1.29, 1.82) is 0 Å². The molecule has 0 saturated carbocycles. The van der Waals surface area contributed by atoms with E-state index in [0.717, 1.165) is 3.79 Å². The maximum absolute atomic E-state index is 11.4. The second kappa shape index (κ2) is 4.53. The normalized spacial score (nSPS) is 11.5. The Morgan fingerprint density at radius 2 is 2.07 bits per heavy atom. The van der Waals surface area contributed by atoms with E-state index in [9.17, 15) is 4.79 Å². The maximum atomic E-state index is 11.4. The topological polar surface area (TPSA) is 26.3 Å². The van der Waals surface area contributed by atoms with Gasteiger partial charge in [0.1, 0.15) is 0 Å². The van der Waals surface area contributed by atoms with Crippen LogP contribution in [0.5, 0.6) is 0 Å². The molecule has 14 heavy (non-hydrogen) atoms. The summed E-state index contributed by atoms with van der Waals surface area (Å²) in [6, 6.07) is 1.98. The van der Waals surface area contributed by atoms with Crippen LogP contribution in [0.25, 0.3) is 0 Å². The van der Waals surface area contributed by atoms with E-state index in [4.69, 9.17) is 4.74 Å². The average Bonchev–Trinajstić information content (AvgIpc) is 2.45. The van der Waals surface area contributed by atoms with Crippen molar-refractivity contribution in [2.24, 2.45) is 0 Å². The van der Waals surface area contributed by atoms with Gasteiger partial charge in [0, 0.05) is 0 Å². The third-order valence-corrected chi connectivity index (χ3v) is 13.1. The summed E-state index contributed by atoms with van der Waals surface area (Å²) in [5, 5.41) is 0. The van der Waals surface area contributed by atoms with E-state index in [1.807, 2.05) is 6.07 Å². The molecule has 0 radical (unpaired) electrons. The van der Waals surface area contributed by atoms with Crippen molar-refractivity contribution in [1.82, 2.24) is 0 Å². The van der Waals surface area contributed by atoms with Gasteiger partial charge in [-0.2, -0.15) is 0 Å². The molecular weight excluding hydrogens is 371 g/mol. The van der Waals surface area contributed by atoms with Crippen LogP contribution in [-0.2, 0) is 4.74 Å². The molecule has 1 heterocycles. The fraction of sp³-hybridized carbons (Fsp3) is 0.444. The van der Waals surface area contributed by atoms with Crippen LogP contribution < -0.4 is 2.89 Å². The van der Waals surface area contributed by atoms with E-state index in [0.29, 0.717) is 5.56 Å². The molecule has 2 nitrogen and oxygen atoms in total. The number of ether oxygens (including phenoxy) is 1. The van der Waals surface area contributed by atoms with Gasteiger partial charge in [0.05, 0.1) is 0 Å². The number of thiophene rings is 1. The van der Waals surface area contributed by atoms with Crippen LogP contribution in [0.3, 0.4) is 0 Å². The van der Waals surface area contributed by atoms with Gasteiger partial charge < -0.3 is 0 Å². The number of rotatable bonds is 2. The second-order valence-electron chi connectivity index (χ2n) is 4.04. The van der Waals surface area contributed by atoms with Gasteiger partial charge in [0.25, 0.3) is 0 Å². The molecule has 0 aromatic carbocycles. The minimum absolute atomic E-state index is 0.255. The Hall–Kier alpha value is 0.449. The summed E-state index contributed by atoms with van der Waals surface area (Å²) in [6.07, 6.45) is 0. The molecule has 0 aliphatic rings. The summed E-state index contributed by atoms with van der Waals surface area (Å²) < 4.78 is 6.98. The Labute approximate surface area is 101 Å². The van der Waals surface area contributed by atoms with Crippen LogP contribution >= 0.6 is 27.3 Å². The minimum atomic E-state index is -2.03. The van der Waals surface area contributed by atoms with E-state index in [2.05, 4.69) is 30.7 Å². The monoisotopic (exact) mass is 384 g/mol. The van der Waals surface area contributed by atoms with Crippen LogP contribution in [0.1, 0.15) is 10.4 Å². The zero-order valence-corrected chi connectivity index (χ0v) is 13.9. The Morgan fingerprint density at radius 3 is 2.43 bits per heavy atom. The molecule has 0 amide bonds. The first kappa shape index (κ1) is 12.5. The summed E-state index contributed by atoms with van der Waals surface area (Å²) in [6.45, 7) is 0. The molecule has 1 rings (SSSR count). The Kier molecular flexibility index (Phi) is 4.05. The standard InChI is InChI=1S/C6H4BrO2S.3CH3.Sn/c1-9-6(8)4-2-3-10-5(4)7;;;;/h2H,1H3;3*1H3;. The summed E-state index contributed by atoms with van der Waals surface area (Å²) in [4.78, 5) is 18.3. The zero-order chi connectivity index (χ0) is 10.9. The fourth-order valence-electron chi connectivity index (χ4n) is 0.988. The van der Waals surface area contributed by atoms with Crippen LogP contribution in [0.4, 0.5) is 0 Å². The molecule has 0 spiro atoms. The molecule has 1 aromatic rings. The second-order valence-corrected chi connectivity index (χ2v) is 21.8. The van der Waals surface area contributed by atoms with E-state index in [1.165, 1.54) is 10.0 Å². The van der Waals surface area contributed by atoms with Gasteiger partial charge in [-0.15, -0.1) is 0 Å². The molecule has 0 fully saturated rings. The van der Waals surface area contributed by atoms with Crippen molar-refractivity contribution in [3.63, 3.8) is 0 Å². The first-order valence-corrected chi connectivity index (χ1v) is 15.8. The number of carbonyl (C=O) groups excluding carboxylic acids is 1. The third-order valence-electron chi connectivity index (χ3n) is 1.83. The third kappa shape index (κ3) is 2.73. The zero-order valence-electron chi connectivity index (χ0n) is 8.68. The van der Waals surface area contributed by atoms with Gasteiger partial charge in [0.15, 0.2) is 0 Å². The van der Waals surface area contributed by atoms with Crippen LogP contribution in [0, 0.1) is 0 Å². The number of methoxy groups -OCH3 is 1. The van der Waals surface area contributed by atoms with Gasteiger partial charge in [-0.3, -0.25) is 0 Å².